The fourth-order valence-corrected chi connectivity index (χ4v) is 7.73. The van der Waals surface area contributed by atoms with Gasteiger partial charge in [-0.25, -0.2) is 0 Å². The van der Waals surface area contributed by atoms with E-state index in [2.05, 4.69) is 83.5 Å². The van der Waals surface area contributed by atoms with Crippen molar-refractivity contribution < 1.29 is 4.79 Å². The van der Waals surface area contributed by atoms with Crippen molar-refractivity contribution >= 4 is 16.8 Å². The minimum absolute atomic E-state index is 0.121. The van der Waals surface area contributed by atoms with Gasteiger partial charge in [-0.15, -0.1) is 0 Å². The van der Waals surface area contributed by atoms with Gasteiger partial charge in [0.25, 0.3) is 0 Å². The second-order valence-electron chi connectivity index (χ2n) is 11.9. The van der Waals surface area contributed by atoms with Crippen LogP contribution in [-0.2, 0) is 23.2 Å². The summed E-state index contributed by atoms with van der Waals surface area (Å²) < 4.78 is 0. The number of hydrogen-bond acceptors (Lipinski definition) is 2. The van der Waals surface area contributed by atoms with Gasteiger partial charge in [-0.3, -0.25) is 4.79 Å². The predicted octanol–water partition coefficient (Wildman–Crippen LogP) is 6.45. The van der Waals surface area contributed by atoms with Crippen molar-refractivity contribution in [1.29, 1.82) is 0 Å². The molecule has 1 aliphatic heterocycles. The molecule has 1 amide bonds. The molecule has 1 N–H and O–H groups in total. The number of carbonyl (C=O) groups is 1. The van der Waals surface area contributed by atoms with E-state index < -0.39 is 0 Å². The highest BCUT2D eigenvalue weighted by molar-refractivity contribution is 5.87. The number of nitrogens with zero attached hydrogens (tertiary/aromatic N) is 2. The summed E-state index contributed by atoms with van der Waals surface area (Å²) in [5.41, 5.74) is 5.34. The zero-order chi connectivity index (χ0) is 24.8. The molecular formula is C32H41N3O. The number of hydrogen-bond donors (Lipinski definition) is 1. The van der Waals surface area contributed by atoms with Gasteiger partial charge in [0, 0.05) is 34.6 Å². The topological polar surface area (TPSA) is 39.3 Å². The third-order valence-corrected chi connectivity index (χ3v) is 9.93. The van der Waals surface area contributed by atoms with Crippen LogP contribution in [0, 0.1) is 5.92 Å². The standard InChI is InChI=1S/C32H41N3O/c1-34(2)31(23-24-11-5-3-6-12-24)18-20-32(21-19-31)29-27(26-15-9-10-16-28(26)33-29)17-22-35(32)30(36)25-13-7-4-8-14-25/h3,5-6,9-12,15-16,25,33H,4,7-8,13-14,17-23H2,1-2H3. The van der Waals surface area contributed by atoms with E-state index in [1.54, 1.807) is 0 Å². The number of aromatic amines is 1. The Morgan fingerprint density at radius 2 is 1.64 bits per heavy atom. The van der Waals surface area contributed by atoms with Crippen LogP contribution < -0.4 is 0 Å². The lowest BCUT2D eigenvalue weighted by molar-refractivity contribution is -0.148. The van der Waals surface area contributed by atoms with Gasteiger partial charge in [-0.2, -0.15) is 0 Å². The first-order chi connectivity index (χ1) is 17.5. The van der Waals surface area contributed by atoms with E-state index in [4.69, 9.17) is 0 Å². The van der Waals surface area contributed by atoms with Crippen LogP contribution >= 0.6 is 0 Å². The number of aromatic nitrogens is 1. The Morgan fingerprint density at radius 3 is 2.36 bits per heavy atom. The molecule has 2 fully saturated rings. The fraction of sp³-hybridized carbons (Fsp3) is 0.531. The number of carbonyl (C=O) groups excluding carboxylic acids is 1. The lowest BCUT2D eigenvalue weighted by Gasteiger charge is -2.55. The maximum Gasteiger partial charge on any atom is 0.226 e. The van der Waals surface area contributed by atoms with E-state index in [-0.39, 0.29) is 17.0 Å². The third-order valence-electron chi connectivity index (χ3n) is 9.93. The lowest BCUT2D eigenvalue weighted by Crippen LogP contribution is -2.60. The van der Waals surface area contributed by atoms with E-state index in [0.29, 0.717) is 5.91 Å². The fourth-order valence-electron chi connectivity index (χ4n) is 7.73. The van der Waals surface area contributed by atoms with Crippen molar-refractivity contribution in [3.05, 3.63) is 71.4 Å². The van der Waals surface area contributed by atoms with Gasteiger partial charge in [-0.05, 0) is 82.7 Å². The molecule has 0 saturated heterocycles. The Hall–Kier alpha value is -2.59. The van der Waals surface area contributed by atoms with Gasteiger partial charge < -0.3 is 14.8 Å². The van der Waals surface area contributed by atoms with Gasteiger partial charge in [-0.1, -0.05) is 67.8 Å². The first-order valence-electron chi connectivity index (χ1n) is 14.2. The molecule has 0 atom stereocenters. The Kier molecular flexibility index (Phi) is 6.19. The van der Waals surface area contributed by atoms with Gasteiger partial charge in [0.2, 0.25) is 5.91 Å². The number of benzene rings is 2. The molecule has 1 spiro atoms. The van der Waals surface area contributed by atoms with Gasteiger partial charge in [0.05, 0.1) is 5.54 Å². The van der Waals surface area contributed by atoms with Crippen LogP contribution in [-0.4, -0.2) is 46.9 Å². The van der Waals surface area contributed by atoms with Crippen LogP contribution in [0.25, 0.3) is 10.9 Å². The second kappa shape index (κ2) is 9.37. The van der Waals surface area contributed by atoms with Crippen molar-refractivity contribution in [2.75, 3.05) is 20.6 Å². The van der Waals surface area contributed by atoms with Crippen molar-refractivity contribution in [3.63, 3.8) is 0 Å². The maximum atomic E-state index is 14.1. The maximum absolute atomic E-state index is 14.1. The minimum Gasteiger partial charge on any atom is -0.356 e. The van der Waals surface area contributed by atoms with Gasteiger partial charge >= 0.3 is 0 Å². The Labute approximate surface area is 216 Å². The molecule has 0 radical (unpaired) electrons. The normalized spacial score (nSPS) is 27.0. The predicted molar refractivity (Wildman–Crippen MR) is 147 cm³/mol. The Bertz CT molecular complexity index is 1210. The molecule has 0 unspecified atom stereocenters. The van der Waals surface area contributed by atoms with Crippen LogP contribution in [0.4, 0.5) is 0 Å². The zero-order valence-electron chi connectivity index (χ0n) is 22.1. The summed E-state index contributed by atoms with van der Waals surface area (Å²) in [5.74, 6) is 0.644. The molecule has 1 aromatic heterocycles. The molecule has 36 heavy (non-hydrogen) atoms. The number of amides is 1. The van der Waals surface area contributed by atoms with Crippen molar-refractivity contribution in [3.8, 4) is 0 Å². The van der Waals surface area contributed by atoms with Crippen LogP contribution in [0.2, 0.25) is 0 Å². The summed E-state index contributed by atoms with van der Waals surface area (Å²) in [4.78, 5) is 22.8. The van der Waals surface area contributed by atoms with E-state index in [1.165, 1.54) is 47.0 Å². The van der Waals surface area contributed by atoms with Crippen LogP contribution in [0.1, 0.15) is 74.6 Å². The van der Waals surface area contributed by atoms with Crippen molar-refractivity contribution in [1.82, 2.24) is 14.8 Å². The zero-order valence-corrected chi connectivity index (χ0v) is 22.1. The first-order valence-corrected chi connectivity index (χ1v) is 14.2. The first kappa shape index (κ1) is 23.8. The highest BCUT2D eigenvalue weighted by atomic mass is 16.2. The molecule has 4 nitrogen and oxygen atoms in total. The summed E-state index contributed by atoms with van der Waals surface area (Å²) in [6.07, 6.45) is 12.1. The molecule has 2 heterocycles. The number of H-pyrrole nitrogens is 1. The van der Waals surface area contributed by atoms with Crippen LogP contribution in [0.5, 0.6) is 0 Å². The summed E-state index contributed by atoms with van der Waals surface area (Å²) in [7, 11) is 4.50. The third kappa shape index (κ3) is 3.89. The van der Waals surface area contributed by atoms with E-state index >= 15 is 0 Å². The monoisotopic (exact) mass is 483 g/mol. The van der Waals surface area contributed by atoms with Crippen LogP contribution in [0.3, 0.4) is 0 Å². The number of likely N-dealkylation sites (N-methyl/N-ethyl adjacent to an activating group) is 1. The SMILES string of the molecule is CN(C)C1(Cc2ccccc2)CCC2(CC1)c1[nH]c3ccccc3c1CCN2C(=O)C1CCCCC1. The van der Waals surface area contributed by atoms with Crippen LogP contribution in [0.15, 0.2) is 54.6 Å². The van der Waals surface area contributed by atoms with E-state index in [9.17, 15) is 4.79 Å². The summed E-state index contributed by atoms with van der Waals surface area (Å²) in [5, 5.41) is 1.35. The molecule has 6 rings (SSSR count). The number of fused-ring (bicyclic) bond motifs is 4. The largest absolute Gasteiger partial charge is 0.356 e. The molecule has 0 bridgehead atoms. The molecule has 190 valence electrons. The lowest BCUT2D eigenvalue weighted by atomic mass is 9.65. The van der Waals surface area contributed by atoms with E-state index in [1.807, 2.05) is 0 Å². The number of rotatable bonds is 4. The van der Waals surface area contributed by atoms with E-state index in [0.717, 1.165) is 57.9 Å². The van der Waals surface area contributed by atoms with Crippen molar-refractivity contribution in [2.24, 2.45) is 5.92 Å². The quantitative estimate of drug-likeness (QED) is 0.463. The molecule has 3 aliphatic rings. The smallest absolute Gasteiger partial charge is 0.226 e. The average Bonchev–Trinajstić information content (AvgIpc) is 3.31. The molecular weight excluding hydrogens is 442 g/mol. The molecule has 2 aromatic carbocycles. The molecule has 2 aliphatic carbocycles. The Balaban J connectivity index is 1.38. The Morgan fingerprint density at radius 1 is 0.944 bits per heavy atom. The van der Waals surface area contributed by atoms with Gasteiger partial charge in [0.15, 0.2) is 0 Å². The summed E-state index contributed by atoms with van der Waals surface area (Å²) in [6.45, 7) is 0.859. The molecule has 3 aromatic rings. The highest BCUT2D eigenvalue weighted by Gasteiger charge is 2.53. The highest BCUT2D eigenvalue weighted by Crippen LogP contribution is 2.52. The summed E-state index contributed by atoms with van der Waals surface area (Å²) >= 11 is 0. The number of para-hydroxylation sites is 1. The number of nitrogens with one attached hydrogen (secondary N) is 1. The minimum atomic E-state index is -0.211. The van der Waals surface area contributed by atoms with Crippen molar-refractivity contribution in [2.45, 2.75) is 81.7 Å². The second-order valence-corrected chi connectivity index (χ2v) is 11.9. The average molecular weight is 484 g/mol. The summed E-state index contributed by atoms with van der Waals surface area (Å²) in [6, 6.07) is 19.7. The van der Waals surface area contributed by atoms with Gasteiger partial charge in [0.1, 0.15) is 0 Å². The molecule has 2 saturated carbocycles. The molecule has 4 heteroatoms.